The monoisotopic (exact) mass is 247 g/mol. The molecule has 1 aromatic carbocycles. The van der Waals surface area contributed by atoms with Gasteiger partial charge in [0.2, 0.25) is 0 Å². The molecule has 0 radical (unpaired) electrons. The zero-order valence-electron chi connectivity index (χ0n) is 11.3. The average Bonchev–Trinajstić information content (AvgIpc) is 2.33. The summed E-state index contributed by atoms with van der Waals surface area (Å²) in [6, 6.07) is 7.83. The third-order valence-corrected chi connectivity index (χ3v) is 2.51. The molecule has 1 aromatic rings. The molecule has 1 rings (SSSR count). The molecular formula is C15H21NO2. The first-order valence-electron chi connectivity index (χ1n) is 6.04. The van der Waals surface area contributed by atoms with Crippen LogP contribution in [0, 0.1) is 0 Å². The van der Waals surface area contributed by atoms with Crippen molar-refractivity contribution in [3.05, 3.63) is 42.5 Å². The van der Waals surface area contributed by atoms with E-state index in [0.29, 0.717) is 6.54 Å². The van der Waals surface area contributed by atoms with Crippen molar-refractivity contribution in [1.82, 2.24) is 5.32 Å². The van der Waals surface area contributed by atoms with E-state index in [9.17, 15) is 4.79 Å². The number of carbonyl (C=O) groups excluding carboxylic acids is 1. The van der Waals surface area contributed by atoms with Crippen molar-refractivity contribution in [3.8, 4) is 5.75 Å². The number of hydrogen-bond donors (Lipinski definition) is 1. The Morgan fingerprint density at radius 3 is 2.78 bits per heavy atom. The SMILES string of the molecule is C=CCNC(=O)COc1cccc(C(C)(C)C)c1. The molecule has 0 aliphatic heterocycles. The Balaban J connectivity index is 2.58. The lowest BCUT2D eigenvalue weighted by Crippen LogP contribution is -2.28. The van der Waals surface area contributed by atoms with Crippen LogP contribution in [-0.2, 0) is 10.2 Å². The van der Waals surface area contributed by atoms with Gasteiger partial charge in [-0.15, -0.1) is 6.58 Å². The highest BCUT2D eigenvalue weighted by molar-refractivity contribution is 5.77. The topological polar surface area (TPSA) is 38.3 Å². The molecular weight excluding hydrogens is 226 g/mol. The quantitative estimate of drug-likeness (QED) is 0.812. The van der Waals surface area contributed by atoms with Crippen molar-refractivity contribution in [2.75, 3.05) is 13.2 Å². The van der Waals surface area contributed by atoms with Gasteiger partial charge in [0.05, 0.1) is 0 Å². The number of ether oxygens (including phenoxy) is 1. The van der Waals surface area contributed by atoms with E-state index in [4.69, 9.17) is 4.74 Å². The third kappa shape index (κ3) is 4.62. The Bertz CT molecular complexity index is 419. The van der Waals surface area contributed by atoms with Crippen LogP contribution in [0.2, 0.25) is 0 Å². The Hall–Kier alpha value is -1.77. The van der Waals surface area contributed by atoms with E-state index in [0.717, 1.165) is 5.75 Å². The highest BCUT2D eigenvalue weighted by Gasteiger charge is 2.14. The number of amides is 1. The fourth-order valence-electron chi connectivity index (χ4n) is 1.44. The van der Waals surface area contributed by atoms with Crippen molar-refractivity contribution in [2.24, 2.45) is 0 Å². The van der Waals surface area contributed by atoms with Crippen LogP contribution >= 0.6 is 0 Å². The smallest absolute Gasteiger partial charge is 0.258 e. The first-order chi connectivity index (χ1) is 8.43. The zero-order chi connectivity index (χ0) is 13.6. The minimum Gasteiger partial charge on any atom is -0.484 e. The molecule has 3 nitrogen and oxygen atoms in total. The van der Waals surface area contributed by atoms with Gasteiger partial charge in [0.25, 0.3) is 5.91 Å². The predicted molar refractivity (Wildman–Crippen MR) is 73.8 cm³/mol. The molecule has 0 heterocycles. The molecule has 1 N–H and O–H groups in total. The minimum atomic E-state index is -0.143. The molecule has 0 aromatic heterocycles. The van der Waals surface area contributed by atoms with Crippen LogP contribution in [0.5, 0.6) is 5.75 Å². The molecule has 18 heavy (non-hydrogen) atoms. The number of rotatable bonds is 5. The highest BCUT2D eigenvalue weighted by atomic mass is 16.5. The van der Waals surface area contributed by atoms with E-state index >= 15 is 0 Å². The number of carbonyl (C=O) groups is 1. The molecule has 0 saturated heterocycles. The second kappa shape index (κ2) is 6.24. The average molecular weight is 247 g/mol. The van der Waals surface area contributed by atoms with E-state index in [2.05, 4.69) is 38.7 Å². The van der Waals surface area contributed by atoms with Crippen LogP contribution in [0.3, 0.4) is 0 Å². The maximum atomic E-state index is 11.4. The van der Waals surface area contributed by atoms with Gasteiger partial charge in [-0.1, -0.05) is 39.0 Å². The molecule has 3 heteroatoms. The van der Waals surface area contributed by atoms with Crippen molar-refractivity contribution in [3.63, 3.8) is 0 Å². The molecule has 0 spiro atoms. The van der Waals surface area contributed by atoms with E-state index in [-0.39, 0.29) is 17.9 Å². The Kier molecular flexibility index (Phi) is 4.95. The van der Waals surface area contributed by atoms with Gasteiger partial charge < -0.3 is 10.1 Å². The minimum absolute atomic E-state index is 0.0292. The van der Waals surface area contributed by atoms with Crippen LogP contribution in [0.4, 0.5) is 0 Å². The largest absolute Gasteiger partial charge is 0.484 e. The summed E-state index contributed by atoms with van der Waals surface area (Å²) in [4.78, 5) is 11.4. The van der Waals surface area contributed by atoms with E-state index in [1.807, 2.05) is 18.2 Å². The molecule has 0 saturated carbocycles. The van der Waals surface area contributed by atoms with Gasteiger partial charge in [0.1, 0.15) is 5.75 Å². The predicted octanol–water partition coefficient (Wildman–Crippen LogP) is 2.67. The Morgan fingerprint density at radius 1 is 1.44 bits per heavy atom. The number of hydrogen-bond acceptors (Lipinski definition) is 2. The summed E-state index contributed by atoms with van der Waals surface area (Å²) >= 11 is 0. The standard InChI is InChI=1S/C15H21NO2/c1-5-9-16-14(17)11-18-13-8-6-7-12(10-13)15(2,3)4/h5-8,10H,1,9,11H2,2-4H3,(H,16,17). The summed E-state index contributed by atoms with van der Waals surface area (Å²) in [5.74, 6) is 0.576. The van der Waals surface area contributed by atoms with E-state index in [1.165, 1.54) is 5.56 Å². The molecule has 0 aliphatic carbocycles. The summed E-state index contributed by atoms with van der Waals surface area (Å²) < 4.78 is 5.45. The summed E-state index contributed by atoms with van der Waals surface area (Å²) in [6.07, 6.45) is 1.64. The van der Waals surface area contributed by atoms with Crippen LogP contribution in [0.25, 0.3) is 0 Å². The van der Waals surface area contributed by atoms with Crippen molar-refractivity contribution in [1.29, 1.82) is 0 Å². The van der Waals surface area contributed by atoms with E-state index < -0.39 is 0 Å². The zero-order valence-corrected chi connectivity index (χ0v) is 11.3. The maximum Gasteiger partial charge on any atom is 0.258 e. The molecule has 0 aliphatic rings. The van der Waals surface area contributed by atoms with Crippen LogP contribution in [0.15, 0.2) is 36.9 Å². The number of nitrogens with one attached hydrogen (secondary N) is 1. The van der Waals surface area contributed by atoms with Gasteiger partial charge in [-0.3, -0.25) is 4.79 Å². The molecule has 0 unspecified atom stereocenters. The van der Waals surface area contributed by atoms with Crippen LogP contribution in [-0.4, -0.2) is 19.1 Å². The maximum absolute atomic E-state index is 11.4. The third-order valence-electron chi connectivity index (χ3n) is 2.51. The van der Waals surface area contributed by atoms with Crippen molar-refractivity contribution in [2.45, 2.75) is 26.2 Å². The normalized spacial score (nSPS) is 10.8. The van der Waals surface area contributed by atoms with Gasteiger partial charge in [-0.2, -0.15) is 0 Å². The molecule has 0 fully saturated rings. The van der Waals surface area contributed by atoms with Gasteiger partial charge in [-0.25, -0.2) is 0 Å². The molecule has 1 amide bonds. The van der Waals surface area contributed by atoms with Gasteiger partial charge in [0, 0.05) is 6.54 Å². The van der Waals surface area contributed by atoms with Gasteiger partial charge in [-0.05, 0) is 23.1 Å². The fourth-order valence-corrected chi connectivity index (χ4v) is 1.44. The molecule has 0 atom stereocenters. The van der Waals surface area contributed by atoms with Gasteiger partial charge >= 0.3 is 0 Å². The van der Waals surface area contributed by atoms with E-state index in [1.54, 1.807) is 6.08 Å². The number of benzene rings is 1. The first kappa shape index (κ1) is 14.3. The van der Waals surface area contributed by atoms with Crippen LogP contribution in [0.1, 0.15) is 26.3 Å². The van der Waals surface area contributed by atoms with Crippen LogP contribution < -0.4 is 10.1 Å². The Labute approximate surface area is 109 Å². The fraction of sp³-hybridized carbons (Fsp3) is 0.400. The second-order valence-electron chi connectivity index (χ2n) is 5.16. The first-order valence-corrected chi connectivity index (χ1v) is 6.04. The lowest BCUT2D eigenvalue weighted by Gasteiger charge is -2.19. The summed E-state index contributed by atoms with van der Waals surface area (Å²) in [5.41, 5.74) is 1.26. The lowest BCUT2D eigenvalue weighted by atomic mass is 9.87. The lowest BCUT2D eigenvalue weighted by molar-refractivity contribution is -0.122. The van der Waals surface area contributed by atoms with Crippen molar-refractivity contribution < 1.29 is 9.53 Å². The molecule has 0 bridgehead atoms. The summed E-state index contributed by atoms with van der Waals surface area (Å²) in [5, 5.41) is 2.67. The summed E-state index contributed by atoms with van der Waals surface area (Å²) in [7, 11) is 0. The highest BCUT2D eigenvalue weighted by Crippen LogP contribution is 2.25. The van der Waals surface area contributed by atoms with Gasteiger partial charge in [0.15, 0.2) is 6.61 Å². The Morgan fingerprint density at radius 2 is 2.17 bits per heavy atom. The van der Waals surface area contributed by atoms with Crippen molar-refractivity contribution >= 4 is 5.91 Å². The molecule has 98 valence electrons. The summed E-state index contributed by atoms with van der Waals surface area (Å²) in [6.45, 7) is 10.5. The second-order valence-corrected chi connectivity index (χ2v) is 5.16.